The molecule has 0 bridgehead atoms. The molecule has 0 aromatic heterocycles. The van der Waals surface area contributed by atoms with Gasteiger partial charge in [0.2, 0.25) is 5.91 Å². The summed E-state index contributed by atoms with van der Waals surface area (Å²) in [6, 6.07) is 30.8. The molecule has 0 spiro atoms. The quantitative estimate of drug-likeness (QED) is 0.150. The molecular formula is C33H31N3O4S. The zero-order valence-corrected chi connectivity index (χ0v) is 23.8. The van der Waals surface area contributed by atoms with Crippen LogP contribution in [0, 0.1) is 6.92 Å². The van der Waals surface area contributed by atoms with Crippen LogP contribution in [0.15, 0.2) is 114 Å². The fourth-order valence-corrected chi connectivity index (χ4v) is 4.77. The maximum Gasteiger partial charge on any atom is 0.272 e. The number of carbonyl (C=O) groups excluding carboxylic acids is 3. The second kappa shape index (κ2) is 14.0. The zero-order valence-electron chi connectivity index (χ0n) is 23.0. The summed E-state index contributed by atoms with van der Waals surface area (Å²) in [5.41, 5.74) is 3.51. The molecule has 0 aliphatic heterocycles. The zero-order chi connectivity index (χ0) is 29.2. The van der Waals surface area contributed by atoms with Gasteiger partial charge in [0.1, 0.15) is 11.4 Å². The molecule has 8 heteroatoms. The van der Waals surface area contributed by atoms with Crippen molar-refractivity contribution < 1.29 is 19.1 Å². The molecule has 4 aromatic carbocycles. The molecule has 0 radical (unpaired) electrons. The van der Waals surface area contributed by atoms with Crippen LogP contribution in [0.1, 0.15) is 28.4 Å². The fourth-order valence-electron chi connectivity index (χ4n) is 3.90. The molecule has 0 aliphatic rings. The van der Waals surface area contributed by atoms with Gasteiger partial charge >= 0.3 is 0 Å². The molecule has 0 saturated carbocycles. The number of aryl methyl sites for hydroxylation is 1. The number of anilines is 2. The highest BCUT2D eigenvalue weighted by molar-refractivity contribution is 8.00. The minimum atomic E-state index is -0.456. The van der Waals surface area contributed by atoms with E-state index in [1.54, 1.807) is 61.7 Å². The van der Waals surface area contributed by atoms with Crippen LogP contribution in [0.5, 0.6) is 5.75 Å². The van der Waals surface area contributed by atoms with Crippen molar-refractivity contribution in [3.63, 3.8) is 0 Å². The number of hydrogen-bond donors (Lipinski definition) is 3. The number of hydrogen-bond acceptors (Lipinski definition) is 5. The van der Waals surface area contributed by atoms with Crippen molar-refractivity contribution in [3.05, 3.63) is 126 Å². The highest BCUT2D eigenvalue weighted by Gasteiger charge is 2.18. The molecule has 0 fully saturated rings. The number of carbonyl (C=O) groups is 3. The Labute approximate surface area is 244 Å². The number of methoxy groups -OCH3 is 1. The second-order valence-electron chi connectivity index (χ2n) is 9.16. The number of thioether (sulfide) groups is 1. The Kier molecular flexibility index (Phi) is 9.96. The van der Waals surface area contributed by atoms with Gasteiger partial charge in [0.05, 0.1) is 18.0 Å². The first-order chi connectivity index (χ1) is 19.8. The Bertz CT molecular complexity index is 1550. The van der Waals surface area contributed by atoms with Crippen LogP contribution < -0.4 is 20.7 Å². The van der Waals surface area contributed by atoms with Crippen molar-refractivity contribution in [2.45, 2.75) is 24.0 Å². The van der Waals surface area contributed by atoms with E-state index in [0.29, 0.717) is 22.7 Å². The van der Waals surface area contributed by atoms with Gasteiger partial charge in [0.15, 0.2) is 0 Å². The van der Waals surface area contributed by atoms with E-state index >= 15 is 0 Å². The summed E-state index contributed by atoms with van der Waals surface area (Å²) in [5.74, 6) is -0.402. The van der Waals surface area contributed by atoms with Crippen molar-refractivity contribution in [3.8, 4) is 5.75 Å². The highest BCUT2D eigenvalue weighted by atomic mass is 32.2. The second-order valence-corrected chi connectivity index (χ2v) is 10.6. The van der Waals surface area contributed by atoms with Gasteiger partial charge in [-0.25, -0.2) is 0 Å². The molecule has 1 atom stereocenters. The average molecular weight is 566 g/mol. The minimum Gasteiger partial charge on any atom is -0.495 e. The molecule has 0 aliphatic carbocycles. The average Bonchev–Trinajstić information content (AvgIpc) is 2.99. The first kappa shape index (κ1) is 29.2. The lowest BCUT2D eigenvalue weighted by Crippen LogP contribution is -2.30. The first-order valence-corrected chi connectivity index (χ1v) is 13.9. The van der Waals surface area contributed by atoms with Gasteiger partial charge in [0, 0.05) is 16.1 Å². The van der Waals surface area contributed by atoms with E-state index in [2.05, 4.69) is 16.0 Å². The van der Waals surface area contributed by atoms with Crippen LogP contribution in [-0.4, -0.2) is 30.1 Å². The van der Waals surface area contributed by atoms with Crippen molar-refractivity contribution in [2.75, 3.05) is 17.7 Å². The van der Waals surface area contributed by atoms with E-state index in [1.165, 1.54) is 11.8 Å². The van der Waals surface area contributed by atoms with Crippen LogP contribution in [0.2, 0.25) is 0 Å². The summed E-state index contributed by atoms with van der Waals surface area (Å²) in [6.07, 6.45) is 1.66. The molecule has 0 saturated heterocycles. The number of nitrogens with one attached hydrogen (secondary N) is 3. The predicted molar refractivity (Wildman–Crippen MR) is 165 cm³/mol. The first-order valence-electron chi connectivity index (χ1n) is 13.0. The van der Waals surface area contributed by atoms with E-state index < -0.39 is 5.91 Å². The smallest absolute Gasteiger partial charge is 0.272 e. The summed E-state index contributed by atoms with van der Waals surface area (Å²) in [7, 11) is 1.56. The molecule has 41 heavy (non-hydrogen) atoms. The number of benzene rings is 4. The Hall–Kier alpha value is -4.82. The van der Waals surface area contributed by atoms with Crippen LogP contribution >= 0.6 is 11.8 Å². The van der Waals surface area contributed by atoms with Crippen LogP contribution in [0.3, 0.4) is 0 Å². The number of ether oxygens (including phenoxy) is 1. The third-order valence-corrected chi connectivity index (χ3v) is 7.29. The molecule has 208 valence electrons. The van der Waals surface area contributed by atoms with Crippen molar-refractivity contribution in [1.29, 1.82) is 0 Å². The van der Waals surface area contributed by atoms with E-state index in [4.69, 9.17) is 4.74 Å². The monoisotopic (exact) mass is 565 g/mol. The van der Waals surface area contributed by atoms with Gasteiger partial charge in [-0.1, -0.05) is 54.6 Å². The SMILES string of the molecule is COc1ccccc1NC(=O)C(C)Sc1ccc(NC(=O)/C(=C/c2ccccc2C)NC(=O)c2ccccc2)cc1. The molecule has 7 nitrogen and oxygen atoms in total. The van der Waals surface area contributed by atoms with E-state index in [0.717, 1.165) is 16.0 Å². The molecule has 3 amide bonds. The lowest BCUT2D eigenvalue weighted by molar-refractivity contribution is -0.115. The normalized spacial score (nSPS) is 11.7. The van der Waals surface area contributed by atoms with Gasteiger partial charge in [0.25, 0.3) is 11.8 Å². The topological polar surface area (TPSA) is 96.5 Å². The summed E-state index contributed by atoms with van der Waals surface area (Å²) in [4.78, 5) is 39.8. The highest BCUT2D eigenvalue weighted by Crippen LogP contribution is 2.28. The Morgan fingerprint density at radius 2 is 1.46 bits per heavy atom. The maximum atomic E-state index is 13.3. The van der Waals surface area contributed by atoms with Crippen molar-refractivity contribution in [2.24, 2.45) is 0 Å². The Morgan fingerprint density at radius 1 is 0.805 bits per heavy atom. The largest absolute Gasteiger partial charge is 0.495 e. The summed E-state index contributed by atoms with van der Waals surface area (Å²) in [6.45, 7) is 3.76. The lowest BCUT2D eigenvalue weighted by atomic mass is 10.1. The third-order valence-electron chi connectivity index (χ3n) is 6.18. The summed E-state index contributed by atoms with van der Waals surface area (Å²) >= 11 is 1.39. The summed E-state index contributed by atoms with van der Waals surface area (Å²) < 4.78 is 5.31. The van der Waals surface area contributed by atoms with E-state index in [-0.39, 0.29) is 22.8 Å². The third kappa shape index (κ3) is 8.09. The van der Waals surface area contributed by atoms with Gasteiger partial charge in [-0.3, -0.25) is 14.4 Å². The van der Waals surface area contributed by atoms with Crippen LogP contribution in [-0.2, 0) is 9.59 Å². The van der Waals surface area contributed by atoms with Gasteiger partial charge in [-0.05, 0) is 79.6 Å². The van der Waals surface area contributed by atoms with Gasteiger partial charge in [-0.15, -0.1) is 11.8 Å². The molecular weight excluding hydrogens is 534 g/mol. The molecule has 1 unspecified atom stereocenters. The lowest BCUT2D eigenvalue weighted by Gasteiger charge is -2.15. The van der Waals surface area contributed by atoms with E-state index in [9.17, 15) is 14.4 Å². The molecule has 0 heterocycles. The van der Waals surface area contributed by atoms with Crippen LogP contribution in [0.4, 0.5) is 11.4 Å². The number of rotatable bonds is 10. The molecule has 4 rings (SSSR count). The molecule has 4 aromatic rings. The van der Waals surface area contributed by atoms with Crippen molar-refractivity contribution in [1.82, 2.24) is 5.32 Å². The Morgan fingerprint density at radius 3 is 2.17 bits per heavy atom. The van der Waals surface area contributed by atoms with Crippen molar-refractivity contribution >= 4 is 46.9 Å². The minimum absolute atomic E-state index is 0.119. The standard InChI is InChI=1S/C33H31N3O4S/c1-22-11-7-8-14-25(22)21-29(36-32(38)24-12-5-4-6-13-24)33(39)34-26-17-19-27(20-18-26)41-23(2)31(37)35-28-15-9-10-16-30(28)40-3/h4-21,23H,1-3H3,(H,34,39)(H,35,37)(H,36,38)/b29-21-. The summed E-state index contributed by atoms with van der Waals surface area (Å²) in [5, 5.41) is 8.14. The van der Waals surface area contributed by atoms with Gasteiger partial charge < -0.3 is 20.7 Å². The van der Waals surface area contributed by atoms with Crippen LogP contribution in [0.25, 0.3) is 6.08 Å². The maximum absolute atomic E-state index is 13.3. The van der Waals surface area contributed by atoms with E-state index in [1.807, 2.05) is 68.4 Å². The Balaban J connectivity index is 1.44. The predicted octanol–water partition coefficient (Wildman–Crippen LogP) is 6.53. The fraction of sp³-hybridized carbons (Fsp3) is 0.121. The molecule has 3 N–H and O–H groups in total. The van der Waals surface area contributed by atoms with Gasteiger partial charge in [-0.2, -0.15) is 0 Å². The number of amides is 3. The number of para-hydroxylation sites is 2.